The van der Waals surface area contributed by atoms with Gasteiger partial charge in [-0.2, -0.15) is 5.26 Å². The summed E-state index contributed by atoms with van der Waals surface area (Å²) in [6.45, 7) is 0. The fourth-order valence-corrected chi connectivity index (χ4v) is 9.41. The Hall–Kier alpha value is -7.29. The molecule has 4 heterocycles. The molecule has 12 rings (SSSR count). The third kappa shape index (κ3) is 3.86. The lowest BCUT2D eigenvalue weighted by atomic mass is 9.84. The van der Waals surface area contributed by atoms with Gasteiger partial charge in [0.15, 0.2) is 0 Å². The number of furan rings is 2. The van der Waals surface area contributed by atoms with Crippen LogP contribution in [0.4, 0.5) is 11.4 Å². The molecule has 0 saturated heterocycles. The van der Waals surface area contributed by atoms with Crippen molar-refractivity contribution < 1.29 is 8.83 Å². The first-order valence-electron chi connectivity index (χ1n) is 18.3. The number of benzene rings is 7. The van der Waals surface area contributed by atoms with Gasteiger partial charge in [-0.3, -0.25) is 0 Å². The number of hydrogen-bond acceptors (Lipinski definition) is 4. The van der Waals surface area contributed by atoms with E-state index < -0.39 is 0 Å². The Kier molecular flexibility index (Phi) is 5.90. The number of nitrogens with zero attached hydrogens (tertiary/aromatic N) is 3. The van der Waals surface area contributed by atoms with Crippen LogP contribution in [0.1, 0.15) is 34.4 Å². The first kappa shape index (κ1) is 29.3. The molecule has 3 aromatic heterocycles. The molecule has 2 atom stereocenters. The fraction of sp³-hybridized carbons (Fsp3) is 0.0408. The van der Waals surface area contributed by atoms with Crippen molar-refractivity contribution in [2.24, 2.45) is 0 Å². The van der Waals surface area contributed by atoms with E-state index in [1.165, 1.54) is 16.8 Å². The molecule has 1 aliphatic carbocycles. The lowest BCUT2D eigenvalue weighted by Crippen LogP contribution is -2.24. The SMILES string of the molecule is N#Cc1ccc(-c2ccccc2N2c3ccccc3C3C=Cc4oc5ccccc5c4C32)c(-n2c3ccccc3c3ccc4oc5ccccc5c4c32)c1. The third-order valence-electron chi connectivity index (χ3n) is 11.6. The van der Waals surface area contributed by atoms with E-state index >= 15 is 0 Å². The highest BCUT2D eigenvalue weighted by Gasteiger charge is 2.44. The molecule has 0 fully saturated rings. The molecular formula is C49H29N3O2. The highest BCUT2D eigenvalue weighted by atomic mass is 16.3. The third-order valence-corrected chi connectivity index (χ3v) is 11.6. The van der Waals surface area contributed by atoms with E-state index in [0.717, 1.165) is 83.0 Å². The summed E-state index contributed by atoms with van der Waals surface area (Å²) in [5, 5.41) is 15.9. The second-order valence-corrected chi connectivity index (χ2v) is 14.3. The van der Waals surface area contributed by atoms with Crippen LogP contribution in [0.2, 0.25) is 0 Å². The Morgan fingerprint density at radius 2 is 1.26 bits per heavy atom. The van der Waals surface area contributed by atoms with Crippen molar-refractivity contribution in [3.8, 4) is 22.9 Å². The van der Waals surface area contributed by atoms with Gasteiger partial charge in [0.25, 0.3) is 0 Å². The van der Waals surface area contributed by atoms with Gasteiger partial charge in [-0.25, -0.2) is 0 Å². The average Bonchev–Trinajstić information content (AvgIpc) is 3.98. The van der Waals surface area contributed by atoms with Gasteiger partial charge in [0.2, 0.25) is 0 Å². The van der Waals surface area contributed by atoms with Gasteiger partial charge in [0, 0.05) is 55.5 Å². The van der Waals surface area contributed by atoms with Crippen LogP contribution in [0.15, 0.2) is 167 Å². The molecule has 0 bridgehead atoms. The van der Waals surface area contributed by atoms with E-state index in [1.807, 2.05) is 30.3 Å². The number of fused-ring (bicyclic) bond motifs is 14. The molecule has 0 saturated carbocycles. The quantitative estimate of drug-likeness (QED) is 0.185. The molecule has 5 heteroatoms. The zero-order chi connectivity index (χ0) is 35.5. The smallest absolute Gasteiger partial charge is 0.137 e. The second kappa shape index (κ2) is 10.9. The summed E-state index contributed by atoms with van der Waals surface area (Å²) in [5.41, 5.74) is 13.1. The summed E-state index contributed by atoms with van der Waals surface area (Å²) in [4.78, 5) is 2.52. The molecule has 5 nitrogen and oxygen atoms in total. The first-order valence-corrected chi connectivity index (χ1v) is 18.3. The minimum absolute atomic E-state index is 0.0146. The average molecular weight is 692 g/mol. The van der Waals surface area contributed by atoms with Crippen LogP contribution in [-0.2, 0) is 0 Å². The fourth-order valence-electron chi connectivity index (χ4n) is 9.41. The largest absolute Gasteiger partial charge is 0.456 e. The van der Waals surface area contributed by atoms with E-state index in [0.29, 0.717) is 5.56 Å². The summed E-state index contributed by atoms with van der Waals surface area (Å²) >= 11 is 0. The minimum atomic E-state index is -0.0146. The Balaban J connectivity index is 1.17. The standard InChI is InChI=1S/C49H29N3O2/c50-28-29-21-22-33(41(27-29)52-40-18-8-3-13-32(40)35-24-26-45-47(49(35)52)37-15-5-10-20-43(37)54-45)30-11-1-6-16-38(30)51-39-17-7-2-12-31(39)34-23-25-44-46(48(34)51)36-14-4-9-19-42(36)53-44/h1-27,34,48H. The topological polar surface area (TPSA) is 58.2 Å². The van der Waals surface area contributed by atoms with Gasteiger partial charge in [-0.1, -0.05) is 103 Å². The van der Waals surface area contributed by atoms with E-state index in [1.54, 1.807) is 0 Å². The van der Waals surface area contributed by atoms with Crippen molar-refractivity contribution in [1.29, 1.82) is 5.26 Å². The molecule has 2 aliphatic rings. The number of aromatic nitrogens is 1. The summed E-state index contributed by atoms with van der Waals surface area (Å²) in [6.07, 6.45) is 4.46. The predicted molar refractivity (Wildman–Crippen MR) is 218 cm³/mol. The monoisotopic (exact) mass is 691 g/mol. The van der Waals surface area contributed by atoms with Gasteiger partial charge in [0.1, 0.15) is 22.5 Å². The Labute approximate surface area is 309 Å². The lowest BCUT2D eigenvalue weighted by Gasteiger charge is -2.33. The summed E-state index contributed by atoms with van der Waals surface area (Å²) in [7, 11) is 0. The second-order valence-electron chi connectivity index (χ2n) is 14.3. The van der Waals surface area contributed by atoms with Crippen molar-refractivity contribution in [3.05, 3.63) is 180 Å². The van der Waals surface area contributed by atoms with Crippen LogP contribution >= 0.6 is 0 Å². The first-order chi connectivity index (χ1) is 26.8. The Morgan fingerprint density at radius 1 is 0.556 bits per heavy atom. The van der Waals surface area contributed by atoms with Crippen LogP contribution < -0.4 is 4.90 Å². The number of rotatable bonds is 3. The van der Waals surface area contributed by atoms with Crippen molar-refractivity contribution in [2.75, 3.05) is 4.90 Å². The van der Waals surface area contributed by atoms with Crippen LogP contribution in [-0.4, -0.2) is 4.57 Å². The maximum absolute atomic E-state index is 10.4. The van der Waals surface area contributed by atoms with Gasteiger partial charge in [0.05, 0.1) is 39.8 Å². The highest BCUT2D eigenvalue weighted by molar-refractivity contribution is 6.24. The zero-order valence-electron chi connectivity index (χ0n) is 28.9. The zero-order valence-corrected chi connectivity index (χ0v) is 28.9. The molecular weight excluding hydrogens is 663 g/mol. The molecule has 7 aromatic carbocycles. The Bertz CT molecular complexity index is 3280. The molecule has 0 spiro atoms. The van der Waals surface area contributed by atoms with Crippen LogP contribution in [0.3, 0.4) is 0 Å². The van der Waals surface area contributed by atoms with Gasteiger partial charge >= 0.3 is 0 Å². The normalized spacial score (nSPS) is 16.0. The van der Waals surface area contributed by atoms with Crippen molar-refractivity contribution in [1.82, 2.24) is 4.57 Å². The van der Waals surface area contributed by atoms with Crippen molar-refractivity contribution >= 4 is 72.2 Å². The van der Waals surface area contributed by atoms with Crippen LogP contribution in [0, 0.1) is 11.3 Å². The maximum atomic E-state index is 10.4. The van der Waals surface area contributed by atoms with E-state index in [4.69, 9.17) is 8.83 Å². The lowest BCUT2D eigenvalue weighted by molar-refractivity contribution is 0.573. The van der Waals surface area contributed by atoms with Gasteiger partial charge in [-0.15, -0.1) is 0 Å². The minimum Gasteiger partial charge on any atom is -0.456 e. The molecule has 252 valence electrons. The highest BCUT2D eigenvalue weighted by Crippen LogP contribution is 2.59. The van der Waals surface area contributed by atoms with E-state index in [9.17, 15) is 5.26 Å². The number of para-hydroxylation sites is 5. The van der Waals surface area contributed by atoms with E-state index in [-0.39, 0.29) is 12.0 Å². The molecule has 54 heavy (non-hydrogen) atoms. The molecule has 1 aliphatic heterocycles. The number of nitriles is 1. The molecule has 0 N–H and O–H groups in total. The Morgan fingerprint density at radius 3 is 2.13 bits per heavy atom. The van der Waals surface area contributed by atoms with Gasteiger partial charge in [-0.05, 0) is 66.2 Å². The summed E-state index contributed by atoms with van der Waals surface area (Å²) < 4.78 is 15.3. The van der Waals surface area contributed by atoms with E-state index in [2.05, 4.69) is 149 Å². The molecule has 10 aromatic rings. The van der Waals surface area contributed by atoms with Crippen molar-refractivity contribution in [3.63, 3.8) is 0 Å². The summed E-state index contributed by atoms with van der Waals surface area (Å²) in [6, 6.07) is 55.5. The molecule has 2 unspecified atom stereocenters. The predicted octanol–water partition coefficient (Wildman–Crippen LogP) is 13.0. The molecule has 0 radical (unpaired) electrons. The van der Waals surface area contributed by atoms with Gasteiger partial charge < -0.3 is 18.3 Å². The maximum Gasteiger partial charge on any atom is 0.137 e. The summed E-state index contributed by atoms with van der Waals surface area (Å²) in [5.74, 6) is 1.05. The number of anilines is 2. The van der Waals surface area contributed by atoms with Crippen LogP contribution in [0.25, 0.3) is 77.6 Å². The molecule has 0 amide bonds. The van der Waals surface area contributed by atoms with Crippen molar-refractivity contribution in [2.45, 2.75) is 12.0 Å². The number of hydrogen-bond donors (Lipinski definition) is 0. The van der Waals surface area contributed by atoms with Crippen LogP contribution in [0.5, 0.6) is 0 Å².